The lowest BCUT2D eigenvalue weighted by Crippen LogP contribution is -2.49. The van der Waals surface area contributed by atoms with E-state index in [1.54, 1.807) is 0 Å². The minimum Gasteiger partial charge on any atom is -0.352 e. The normalized spacial score (nSPS) is 19.0. The number of nitrogens with one attached hydrogen (secondary N) is 1. The molecule has 1 aromatic rings. The van der Waals surface area contributed by atoms with Crippen molar-refractivity contribution in [3.05, 3.63) is 35.9 Å². The van der Waals surface area contributed by atoms with Gasteiger partial charge in [0.05, 0.1) is 6.04 Å². The van der Waals surface area contributed by atoms with Gasteiger partial charge in [-0.1, -0.05) is 56.5 Å². The summed E-state index contributed by atoms with van der Waals surface area (Å²) in [6.45, 7) is 2.16. The molecule has 3 nitrogen and oxygen atoms in total. The Labute approximate surface area is 128 Å². The highest BCUT2D eigenvalue weighted by Gasteiger charge is 2.25. The van der Waals surface area contributed by atoms with Gasteiger partial charge in [0.2, 0.25) is 5.91 Å². The van der Waals surface area contributed by atoms with Gasteiger partial charge >= 0.3 is 0 Å². The molecule has 0 aliphatic heterocycles. The molecule has 2 rings (SSSR count). The molecule has 2 atom stereocenters. The third-order valence-corrected chi connectivity index (χ3v) is 4.62. The highest BCUT2D eigenvalue weighted by Crippen LogP contribution is 2.27. The summed E-state index contributed by atoms with van der Waals surface area (Å²) in [7, 11) is 0. The maximum absolute atomic E-state index is 12.3. The van der Waals surface area contributed by atoms with Gasteiger partial charge in [0.15, 0.2) is 0 Å². The van der Waals surface area contributed by atoms with E-state index < -0.39 is 6.04 Å². The van der Waals surface area contributed by atoms with Crippen LogP contribution in [-0.4, -0.2) is 18.0 Å². The van der Waals surface area contributed by atoms with Crippen LogP contribution in [-0.2, 0) is 11.2 Å². The first-order valence-electron chi connectivity index (χ1n) is 8.30. The number of carbonyl (C=O) groups excluding carboxylic acids is 1. The largest absolute Gasteiger partial charge is 0.352 e. The minimum absolute atomic E-state index is 0.00345. The Hall–Kier alpha value is -1.35. The molecule has 1 unspecified atom stereocenters. The fourth-order valence-corrected chi connectivity index (χ4v) is 3.34. The predicted octanol–water partition coefficient (Wildman–Crippen LogP) is 3.03. The van der Waals surface area contributed by atoms with Crippen molar-refractivity contribution >= 4 is 5.91 Å². The molecule has 3 N–H and O–H groups in total. The van der Waals surface area contributed by atoms with E-state index in [-0.39, 0.29) is 5.91 Å². The summed E-state index contributed by atoms with van der Waals surface area (Å²) < 4.78 is 0. The second kappa shape index (κ2) is 8.18. The molecular weight excluding hydrogens is 260 g/mol. The number of hydrogen-bond donors (Lipinski definition) is 2. The van der Waals surface area contributed by atoms with E-state index in [9.17, 15) is 4.79 Å². The summed E-state index contributed by atoms with van der Waals surface area (Å²) >= 11 is 0. The number of amides is 1. The van der Waals surface area contributed by atoms with Crippen molar-refractivity contribution in [2.24, 2.45) is 11.7 Å². The zero-order chi connectivity index (χ0) is 15.1. The molecule has 1 aliphatic rings. The molecule has 3 heteroatoms. The number of benzene rings is 1. The van der Waals surface area contributed by atoms with Gasteiger partial charge in [-0.2, -0.15) is 0 Å². The number of hydrogen-bond acceptors (Lipinski definition) is 2. The third kappa shape index (κ3) is 4.85. The molecule has 0 bridgehead atoms. The fraction of sp³-hybridized carbons (Fsp3) is 0.611. The number of rotatable bonds is 6. The molecule has 1 aromatic carbocycles. The molecule has 0 spiro atoms. The van der Waals surface area contributed by atoms with Crippen LogP contribution in [0, 0.1) is 5.92 Å². The van der Waals surface area contributed by atoms with Crippen molar-refractivity contribution in [1.82, 2.24) is 5.32 Å². The SMILES string of the molecule is CCC(NC(=O)[C@H](N)Cc1ccccc1)C1CCCCC1. The van der Waals surface area contributed by atoms with E-state index in [2.05, 4.69) is 12.2 Å². The Morgan fingerprint density at radius 2 is 1.90 bits per heavy atom. The van der Waals surface area contributed by atoms with Crippen molar-refractivity contribution in [2.75, 3.05) is 0 Å². The van der Waals surface area contributed by atoms with Crippen LogP contribution in [0.1, 0.15) is 51.0 Å². The average Bonchev–Trinajstić information content (AvgIpc) is 2.54. The van der Waals surface area contributed by atoms with Crippen LogP contribution in [0.3, 0.4) is 0 Å². The summed E-state index contributed by atoms with van der Waals surface area (Å²) in [5.74, 6) is 0.632. The zero-order valence-corrected chi connectivity index (χ0v) is 13.1. The van der Waals surface area contributed by atoms with Gasteiger partial charge in [-0.25, -0.2) is 0 Å². The minimum atomic E-state index is -0.454. The van der Waals surface area contributed by atoms with Gasteiger partial charge in [0.25, 0.3) is 0 Å². The predicted molar refractivity (Wildman–Crippen MR) is 86.9 cm³/mol. The Kier molecular flexibility index (Phi) is 6.24. The molecule has 0 heterocycles. The van der Waals surface area contributed by atoms with E-state index >= 15 is 0 Å². The van der Waals surface area contributed by atoms with Crippen molar-refractivity contribution in [3.8, 4) is 0 Å². The Morgan fingerprint density at radius 1 is 1.24 bits per heavy atom. The molecule has 116 valence electrons. The quantitative estimate of drug-likeness (QED) is 0.845. The lowest BCUT2D eigenvalue weighted by Gasteiger charge is -2.31. The van der Waals surface area contributed by atoms with Gasteiger partial charge < -0.3 is 11.1 Å². The smallest absolute Gasteiger partial charge is 0.237 e. The van der Waals surface area contributed by atoms with Crippen LogP contribution in [0.25, 0.3) is 0 Å². The molecule has 0 aromatic heterocycles. The van der Waals surface area contributed by atoms with E-state index in [1.807, 2.05) is 30.3 Å². The second-order valence-electron chi connectivity index (χ2n) is 6.22. The van der Waals surface area contributed by atoms with Gasteiger partial charge in [0.1, 0.15) is 0 Å². The molecule has 1 amide bonds. The first kappa shape index (κ1) is 16.0. The second-order valence-corrected chi connectivity index (χ2v) is 6.22. The topological polar surface area (TPSA) is 55.1 Å². The Bertz CT molecular complexity index is 426. The lowest BCUT2D eigenvalue weighted by molar-refractivity contribution is -0.123. The summed E-state index contributed by atoms with van der Waals surface area (Å²) in [4.78, 5) is 12.3. The van der Waals surface area contributed by atoms with Crippen LogP contribution >= 0.6 is 0 Å². The summed E-state index contributed by atoms with van der Waals surface area (Å²) in [5.41, 5.74) is 7.19. The number of carbonyl (C=O) groups is 1. The van der Waals surface area contributed by atoms with Crippen molar-refractivity contribution in [1.29, 1.82) is 0 Å². The van der Waals surface area contributed by atoms with Gasteiger partial charge in [0, 0.05) is 6.04 Å². The third-order valence-electron chi connectivity index (χ3n) is 4.62. The maximum Gasteiger partial charge on any atom is 0.237 e. The van der Waals surface area contributed by atoms with Gasteiger partial charge in [-0.05, 0) is 37.2 Å². The average molecular weight is 288 g/mol. The summed E-state index contributed by atoms with van der Waals surface area (Å²) in [5, 5.41) is 3.19. The zero-order valence-electron chi connectivity index (χ0n) is 13.1. The maximum atomic E-state index is 12.3. The van der Waals surface area contributed by atoms with Crippen molar-refractivity contribution < 1.29 is 4.79 Å². The molecule has 1 fully saturated rings. The number of nitrogens with two attached hydrogens (primary N) is 1. The molecule has 0 saturated heterocycles. The van der Waals surface area contributed by atoms with Gasteiger partial charge in [-0.15, -0.1) is 0 Å². The summed E-state index contributed by atoms with van der Waals surface area (Å²) in [6.07, 6.45) is 8.02. The van der Waals surface area contributed by atoms with Crippen LogP contribution in [0.15, 0.2) is 30.3 Å². The van der Waals surface area contributed by atoms with Crippen LogP contribution in [0.4, 0.5) is 0 Å². The highest BCUT2D eigenvalue weighted by molar-refractivity contribution is 5.82. The first-order chi connectivity index (χ1) is 10.2. The van der Waals surface area contributed by atoms with Crippen LogP contribution < -0.4 is 11.1 Å². The van der Waals surface area contributed by atoms with Gasteiger partial charge in [-0.3, -0.25) is 4.79 Å². The molecule has 0 radical (unpaired) electrons. The highest BCUT2D eigenvalue weighted by atomic mass is 16.2. The van der Waals surface area contributed by atoms with E-state index in [0.717, 1.165) is 12.0 Å². The van der Waals surface area contributed by atoms with E-state index in [0.29, 0.717) is 18.4 Å². The van der Waals surface area contributed by atoms with Crippen LogP contribution in [0.5, 0.6) is 0 Å². The Balaban J connectivity index is 1.86. The molecule has 21 heavy (non-hydrogen) atoms. The molecular formula is C18H28N2O. The standard InChI is InChI=1S/C18H28N2O/c1-2-17(15-11-7-4-8-12-15)20-18(21)16(19)13-14-9-5-3-6-10-14/h3,5-6,9-10,15-17H,2,4,7-8,11-13,19H2,1H3,(H,20,21)/t16-,17?/m1/s1. The van der Waals surface area contributed by atoms with Crippen molar-refractivity contribution in [2.45, 2.75) is 64.0 Å². The molecule has 1 aliphatic carbocycles. The Morgan fingerprint density at radius 3 is 2.52 bits per heavy atom. The van der Waals surface area contributed by atoms with E-state index in [1.165, 1.54) is 32.1 Å². The van der Waals surface area contributed by atoms with E-state index in [4.69, 9.17) is 5.73 Å². The summed E-state index contributed by atoms with van der Waals surface area (Å²) in [6, 6.07) is 9.82. The monoisotopic (exact) mass is 288 g/mol. The fourth-order valence-electron chi connectivity index (χ4n) is 3.34. The lowest BCUT2D eigenvalue weighted by atomic mass is 9.83. The first-order valence-corrected chi connectivity index (χ1v) is 8.30. The van der Waals surface area contributed by atoms with Crippen molar-refractivity contribution in [3.63, 3.8) is 0 Å². The van der Waals surface area contributed by atoms with Crippen LogP contribution in [0.2, 0.25) is 0 Å². The molecule has 1 saturated carbocycles.